The standard InChI is InChI=1S/C16H24N4/c1-4-13-10-20(16(2,3)12-17-13)11-14-9-19-8-6-5-7-15(19)18-14/h5-9,13,17H,4,10-12H2,1-3H3. The van der Waals surface area contributed by atoms with Gasteiger partial charge in [0.05, 0.1) is 5.69 Å². The Morgan fingerprint density at radius 1 is 1.40 bits per heavy atom. The Balaban J connectivity index is 1.80. The van der Waals surface area contributed by atoms with Gasteiger partial charge >= 0.3 is 0 Å². The number of pyridine rings is 1. The van der Waals surface area contributed by atoms with Gasteiger partial charge < -0.3 is 9.72 Å². The molecule has 1 aliphatic heterocycles. The van der Waals surface area contributed by atoms with Gasteiger partial charge in [0, 0.05) is 43.6 Å². The summed E-state index contributed by atoms with van der Waals surface area (Å²) in [5.74, 6) is 0. The number of fused-ring (bicyclic) bond motifs is 1. The summed E-state index contributed by atoms with van der Waals surface area (Å²) in [6.07, 6.45) is 5.38. The summed E-state index contributed by atoms with van der Waals surface area (Å²) in [5.41, 5.74) is 2.37. The van der Waals surface area contributed by atoms with Gasteiger partial charge in [-0.3, -0.25) is 4.90 Å². The second kappa shape index (κ2) is 5.19. The molecule has 0 bridgehead atoms. The first-order valence-corrected chi connectivity index (χ1v) is 7.49. The molecular weight excluding hydrogens is 248 g/mol. The van der Waals surface area contributed by atoms with Gasteiger partial charge in [-0.05, 0) is 32.4 Å². The molecule has 1 aliphatic rings. The molecule has 3 rings (SSSR count). The number of rotatable bonds is 3. The molecular formula is C16H24N4. The molecule has 20 heavy (non-hydrogen) atoms. The van der Waals surface area contributed by atoms with Gasteiger partial charge in [-0.2, -0.15) is 0 Å². The zero-order valence-corrected chi connectivity index (χ0v) is 12.6. The van der Waals surface area contributed by atoms with Gasteiger partial charge in [0.25, 0.3) is 0 Å². The van der Waals surface area contributed by atoms with Crippen molar-refractivity contribution in [2.24, 2.45) is 0 Å². The lowest BCUT2D eigenvalue weighted by Crippen LogP contribution is -2.61. The van der Waals surface area contributed by atoms with Gasteiger partial charge in [0.1, 0.15) is 5.65 Å². The van der Waals surface area contributed by atoms with Crippen LogP contribution in [-0.4, -0.2) is 39.0 Å². The van der Waals surface area contributed by atoms with E-state index in [2.05, 4.69) is 53.8 Å². The van der Waals surface area contributed by atoms with Crippen LogP contribution in [0.2, 0.25) is 0 Å². The number of piperazine rings is 1. The van der Waals surface area contributed by atoms with Crippen LogP contribution in [0.3, 0.4) is 0 Å². The smallest absolute Gasteiger partial charge is 0.137 e. The van der Waals surface area contributed by atoms with Gasteiger partial charge in [0.15, 0.2) is 0 Å². The Morgan fingerprint density at radius 2 is 2.25 bits per heavy atom. The summed E-state index contributed by atoms with van der Waals surface area (Å²) in [7, 11) is 0. The van der Waals surface area contributed by atoms with Crippen LogP contribution in [0.5, 0.6) is 0 Å². The highest BCUT2D eigenvalue weighted by atomic mass is 15.3. The minimum absolute atomic E-state index is 0.182. The number of aromatic nitrogens is 2. The molecule has 1 atom stereocenters. The van der Waals surface area contributed by atoms with E-state index in [9.17, 15) is 0 Å². The molecule has 4 heteroatoms. The lowest BCUT2D eigenvalue weighted by atomic mass is 9.96. The van der Waals surface area contributed by atoms with Crippen LogP contribution in [0.15, 0.2) is 30.6 Å². The monoisotopic (exact) mass is 272 g/mol. The number of imidazole rings is 1. The van der Waals surface area contributed by atoms with Crippen molar-refractivity contribution in [1.29, 1.82) is 0 Å². The summed E-state index contributed by atoms with van der Waals surface area (Å²) in [4.78, 5) is 7.28. The fourth-order valence-electron chi connectivity index (χ4n) is 2.89. The normalized spacial score (nSPS) is 23.2. The fourth-order valence-corrected chi connectivity index (χ4v) is 2.89. The lowest BCUT2D eigenvalue weighted by molar-refractivity contribution is 0.0567. The van der Waals surface area contributed by atoms with E-state index in [0.717, 1.165) is 31.0 Å². The number of nitrogens with zero attached hydrogens (tertiary/aromatic N) is 3. The molecule has 0 saturated carbocycles. The zero-order valence-electron chi connectivity index (χ0n) is 12.6. The minimum Gasteiger partial charge on any atom is -0.311 e. The fraction of sp³-hybridized carbons (Fsp3) is 0.562. The Bertz CT molecular complexity index is 554. The third-order valence-electron chi connectivity index (χ3n) is 4.38. The minimum atomic E-state index is 0.182. The van der Waals surface area contributed by atoms with Crippen molar-refractivity contribution in [2.45, 2.75) is 45.3 Å². The first-order valence-electron chi connectivity index (χ1n) is 7.49. The van der Waals surface area contributed by atoms with Crippen LogP contribution in [0, 0.1) is 0 Å². The third kappa shape index (κ3) is 2.58. The van der Waals surface area contributed by atoms with Crippen molar-refractivity contribution in [3.05, 3.63) is 36.3 Å². The molecule has 2 aromatic rings. The molecule has 0 amide bonds. The Hall–Kier alpha value is -1.39. The highest BCUT2D eigenvalue weighted by Crippen LogP contribution is 2.22. The van der Waals surface area contributed by atoms with Crippen LogP contribution in [-0.2, 0) is 6.54 Å². The molecule has 0 aliphatic carbocycles. The van der Waals surface area contributed by atoms with Crippen molar-refractivity contribution in [1.82, 2.24) is 19.6 Å². The molecule has 1 N–H and O–H groups in total. The SMILES string of the molecule is CCC1CN(Cc2cn3ccccc3n2)C(C)(C)CN1. The molecule has 0 aromatic carbocycles. The van der Waals surface area contributed by atoms with Crippen molar-refractivity contribution in [2.75, 3.05) is 13.1 Å². The van der Waals surface area contributed by atoms with E-state index in [0.29, 0.717) is 6.04 Å². The zero-order chi connectivity index (χ0) is 14.2. The van der Waals surface area contributed by atoms with Gasteiger partial charge in [0.2, 0.25) is 0 Å². The van der Waals surface area contributed by atoms with Gasteiger partial charge in [-0.15, -0.1) is 0 Å². The predicted octanol–water partition coefficient (Wildman–Crippen LogP) is 2.30. The molecule has 108 valence electrons. The van der Waals surface area contributed by atoms with Crippen molar-refractivity contribution in [3.63, 3.8) is 0 Å². The summed E-state index contributed by atoms with van der Waals surface area (Å²) in [6, 6.07) is 6.73. The van der Waals surface area contributed by atoms with E-state index in [-0.39, 0.29) is 5.54 Å². The second-order valence-electron chi connectivity index (χ2n) is 6.38. The first-order chi connectivity index (χ1) is 9.58. The molecule has 1 unspecified atom stereocenters. The van der Waals surface area contributed by atoms with E-state index < -0.39 is 0 Å². The molecule has 2 aromatic heterocycles. The van der Waals surface area contributed by atoms with E-state index in [1.165, 1.54) is 6.42 Å². The van der Waals surface area contributed by atoms with E-state index >= 15 is 0 Å². The quantitative estimate of drug-likeness (QED) is 0.930. The highest BCUT2D eigenvalue weighted by Gasteiger charge is 2.33. The average molecular weight is 272 g/mol. The molecule has 1 fully saturated rings. The van der Waals surface area contributed by atoms with Crippen LogP contribution < -0.4 is 5.32 Å². The molecule has 3 heterocycles. The van der Waals surface area contributed by atoms with E-state index in [1.54, 1.807) is 0 Å². The number of nitrogens with one attached hydrogen (secondary N) is 1. The second-order valence-corrected chi connectivity index (χ2v) is 6.38. The highest BCUT2D eigenvalue weighted by molar-refractivity contribution is 5.39. The lowest BCUT2D eigenvalue weighted by Gasteiger charge is -2.45. The topological polar surface area (TPSA) is 32.6 Å². The molecule has 0 spiro atoms. The van der Waals surface area contributed by atoms with Crippen molar-refractivity contribution < 1.29 is 0 Å². The Morgan fingerprint density at radius 3 is 3.00 bits per heavy atom. The maximum absolute atomic E-state index is 4.72. The van der Waals surface area contributed by atoms with Gasteiger partial charge in [-0.1, -0.05) is 13.0 Å². The Labute approximate surface area is 120 Å². The van der Waals surface area contributed by atoms with Crippen molar-refractivity contribution >= 4 is 5.65 Å². The Kier molecular flexibility index (Phi) is 3.52. The maximum atomic E-state index is 4.72. The number of hydrogen-bond donors (Lipinski definition) is 1. The van der Waals surface area contributed by atoms with E-state index in [4.69, 9.17) is 4.98 Å². The summed E-state index contributed by atoms with van der Waals surface area (Å²) in [6.45, 7) is 9.92. The van der Waals surface area contributed by atoms with Gasteiger partial charge in [-0.25, -0.2) is 4.98 Å². The summed E-state index contributed by atoms with van der Waals surface area (Å²) >= 11 is 0. The maximum Gasteiger partial charge on any atom is 0.137 e. The molecule has 1 saturated heterocycles. The molecule has 0 radical (unpaired) electrons. The summed E-state index contributed by atoms with van der Waals surface area (Å²) in [5, 5.41) is 3.63. The van der Waals surface area contributed by atoms with Crippen LogP contribution >= 0.6 is 0 Å². The van der Waals surface area contributed by atoms with Crippen LogP contribution in [0.25, 0.3) is 5.65 Å². The van der Waals surface area contributed by atoms with E-state index in [1.807, 2.05) is 12.1 Å². The van der Waals surface area contributed by atoms with Crippen molar-refractivity contribution in [3.8, 4) is 0 Å². The van der Waals surface area contributed by atoms with Crippen LogP contribution in [0.1, 0.15) is 32.9 Å². The predicted molar refractivity (Wildman–Crippen MR) is 81.8 cm³/mol. The van der Waals surface area contributed by atoms with Crippen LogP contribution in [0.4, 0.5) is 0 Å². The average Bonchev–Trinajstić information content (AvgIpc) is 2.83. The summed E-state index contributed by atoms with van der Waals surface area (Å²) < 4.78 is 2.10. The number of hydrogen-bond acceptors (Lipinski definition) is 3. The largest absolute Gasteiger partial charge is 0.311 e. The first kappa shape index (κ1) is 13.6. The molecule has 4 nitrogen and oxygen atoms in total. The third-order valence-corrected chi connectivity index (χ3v) is 4.38.